The molecular formula is C14H11ClO4. The highest BCUT2D eigenvalue weighted by atomic mass is 35.5. The van der Waals surface area contributed by atoms with Gasteiger partial charge in [-0.2, -0.15) is 0 Å². The average Bonchev–Trinajstić information content (AvgIpc) is 2.38. The third kappa shape index (κ3) is 3.17. The maximum absolute atomic E-state index is 11.0. The number of carbonyl (C=O) groups is 1. The van der Waals surface area contributed by atoms with Crippen molar-refractivity contribution in [3.05, 3.63) is 58.6 Å². The Morgan fingerprint density at radius 2 is 1.95 bits per heavy atom. The predicted molar refractivity (Wildman–Crippen MR) is 70.9 cm³/mol. The van der Waals surface area contributed by atoms with Crippen molar-refractivity contribution in [1.82, 2.24) is 0 Å². The molecule has 98 valence electrons. The van der Waals surface area contributed by atoms with Crippen LogP contribution in [0.4, 0.5) is 0 Å². The van der Waals surface area contributed by atoms with E-state index in [1.165, 1.54) is 24.3 Å². The number of hydrogen-bond donors (Lipinski definition) is 2. The lowest BCUT2D eigenvalue weighted by atomic mass is 10.1. The number of rotatable bonds is 4. The highest BCUT2D eigenvalue weighted by Crippen LogP contribution is 2.28. The third-order valence-corrected chi connectivity index (χ3v) is 2.84. The largest absolute Gasteiger partial charge is 0.508 e. The fourth-order valence-corrected chi connectivity index (χ4v) is 1.85. The van der Waals surface area contributed by atoms with Crippen molar-refractivity contribution < 1.29 is 19.7 Å². The summed E-state index contributed by atoms with van der Waals surface area (Å²) in [4.78, 5) is 11.0. The first-order valence-corrected chi connectivity index (χ1v) is 5.88. The zero-order valence-electron chi connectivity index (χ0n) is 9.84. The summed E-state index contributed by atoms with van der Waals surface area (Å²) in [6.45, 7) is 0.0902. The van der Waals surface area contributed by atoms with E-state index in [1.54, 1.807) is 18.2 Å². The normalized spacial score (nSPS) is 10.2. The Balaban J connectivity index is 2.17. The van der Waals surface area contributed by atoms with E-state index < -0.39 is 5.97 Å². The Labute approximate surface area is 114 Å². The maximum Gasteiger partial charge on any atom is 0.336 e. The number of aromatic carboxylic acids is 1. The predicted octanol–water partition coefficient (Wildman–Crippen LogP) is 3.32. The number of carboxylic acid groups (broad SMARTS) is 1. The molecule has 0 aliphatic heterocycles. The van der Waals surface area contributed by atoms with Crippen LogP contribution in [0, 0.1) is 0 Å². The van der Waals surface area contributed by atoms with Gasteiger partial charge in [0.25, 0.3) is 0 Å². The number of phenolic OH excluding ortho intramolecular Hbond substituents is 1. The number of phenols is 1. The average molecular weight is 279 g/mol. The molecule has 19 heavy (non-hydrogen) atoms. The van der Waals surface area contributed by atoms with E-state index in [-0.39, 0.29) is 22.9 Å². The summed E-state index contributed by atoms with van der Waals surface area (Å²) in [5.74, 6) is -0.570. The highest BCUT2D eigenvalue weighted by Gasteiger charge is 2.10. The Bertz CT molecular complexity index is 610. The monoisotopic (exact) mass is 278 g/mol. The van der Waals surface area contributed by atoms with Crippen LogP contribution in [0.25, 0.3) is 0 Å². The summed E-state index contributed by atoms with van der Waals surface area (Å²) in [7, 11) is 0. The van der Waals surface area contributed by atoms with E-state index >= 15 is 0 Å². The molecular weight excluding hydrogens is 268 g/mol. The van der Waals surface area contributed by atoms with Crippen molar-refractivity contribution in [3.8, 4) is 11.5 Å². The lowest BCUT2D eigenvalue weighted by molar-refractivity contribution is 0.0694. The van der Waals surface area contributed by atoms with E-state index in [4.69, 9.17) is 21.4 Å². The summed E-state index contributed by atoms with van der Waals surface area (Å²) in [5, 5.41) is 18.5. The lowest BCUT2D eigenvalue weighted by Crippen LogP contribution is -2.05. The Morgan fingerprint density at radius 1 is 1.21 bits per heavy atom. The van der Waals surface area contributed by atoms with Gasteiger partial charge < -0.3 is 14.9 Å². The number of benzene rings is 2. The Kier molecular flexibility index (Phi) is 3.92. The van der Waals surface area contributed by atoms with Gasteiger partial charge in [-0.15, -0.1) is 0 Å². The Hall–Kier alpha value is -2.20. The van der Waals surface area contributed by atoms with Gasteiger partial charge in [0.1, 0.15) is 18.1 Å². The standard InChI is InChI=1S/C14H11ClO4/c15-12-7-10(16)5-6-13(12)19-8-9-3-1-2-4-11(9)14(17)18/h1-7,16H,8H2,(H,17,18). The third-order valence-electron chi connectivity index (χ3n) is 2.55. The molecule has 0 heterocycles. The van der Waals surface area contributed by atoms with Gasteiger partial charge >= 0.3 is 5.97 Å². The van der Waals surface area contributed by atoms with Gasteiger partial charge in [-0.05, 0) is 18.2 Å². The van der Waals surface area contributed by atoms with Crippen molar-refractivity contribution in [2.75, 3.05) is 0 Å². The number of carboxylic acids is 1. The zero-order chi connectivity index (χ0) is 13.8. The number of aromatic hydroxyl groups is 1. The van der Waals surface area contributed by atoms with Crippen molar-refractivity contribution in [2.45, 2.75) is 6.61 Å². The van der Waals surface area contributed by atoms with Crippen molar-refractivity contribution in [1.29, 1.82) is 0 Å². The first-order chi connectivity index (χ1) is 9.08. The second-order valence-electron chi connectivity index (χ2n) is 3.87. The molecule has 0 saturated heterocycles. The summed E-state index contributed by atoms with van der Waals surface area (Å²) in [6.07, 6.45) is 0. The van der Waals surface area contributed by atoms with E-state index in [0.717, 1.165) is 0 Å². The van der Waals surface area contributed by atoms with Gasteiger partial charge in [-0.3, -0.25) is 0 Å². The van der Waals surface area contributed by atoms with Crippen LogP contribution in [-0.2, 0) is 6.61 Å². The van der Waals surface area contributed by atoms with Crippen LogP contribution in [0.2, 0.25) is 5.02 Å². The lowest BCUT2D eigenvalue weighted by Gasteiger charge is -2.10. The van der Waals surface area contributed by atoms with Crippen LogP contribution >= 0.6 is 11.6 Å². The summed E-state index contributed by atoms with van der Waals surface area (Å²) in [6, 6.07) is 10.9. The van der Waals surface area contributed by atoms with Crippen LogP contribution in [0.15, 0.2) is 42.5 Å². The fourth-order valence-electron chi connectivity index (χ4n) is 1.62. The molecule has 0 aliphatic carbocycles. The zero-order valence-corrected chi connectivity index (χ0v) is 10.6. The first kappa shape index (κ1) is 13.2. The van der Waals surface area contributed by atoms with Gasteiger partial charge in [-0.1, -0.05) is 29.8 Å². The number of hydrogen-bond acceptors (Lipinski definition) is 3. The minimum Gasteiger partial charge on any atom is -0.508 e. The molecule has 0 saturated carbocycles. The van der Waals surface area contributed by atoms with Crippen LogP contribution in [0.3, 0.4) is 0 Å². The fraction of sp³-hybridized carbons (Fsp3) is 0.0714. The van der Waals surface area contributed by atoms with Gasteiger partial charge in [0.15, 0.2) is 0 Å². The van der Waals surface area contributed by atoms with Gasteiger partial charge in [0, 0.05) is 11.6 Å². The van der Waals surface area contributed by atoms with Crippen molar-refractivity contribution in [3.63, 3.8) is 0 Å². The molecule has 2 aromatic rings. The number of halogens is 1. The summed E-state index contributed by atoms with van der Waals surface area (Å²) >= 11 is 5.90. The minimum atomic E-state index is -1.00. The summed E-state index contributed by atoms with van der Waals surface area (Å²) in [5.41, 5.74) is 0.747. The summed E-state index contributed by atoms with van der Waals surface area (Å²) < 4.78 is 5.46. The molecule has 0 aliphatic rings. The Morgan fingerprint density at radius 3 is 2.63 bits per heavy atom. The molecule has 0 fully saturated rings. The van der Waals surface area contributed by atoms with Gasteiger partial charge in [-0.25, -0.2) is 4.79 Å². The molecule has 0 bridgehead atoms. The molecule has 2 N–H and O–H groups in total. The number of ether oxygens (including phenoxy) is 1. The molecule has 5 heteroatoms. The molecule has 0 amide bonds. The second kappa shape index (κ2) is 5.63. The first-order valence-electron chi connectivity index (χ1n) is 5.50. The van der Waals surface area contributed by atoms with Crippen LogP contribution in [-0.4, -0.2) is 16.2 Å². The minimum absolute atomic E-state index is 0.0447. The molecule has 0 spiro atoms. The van der Waals surface area contributed by atoms with E-state index in [2.05, 4.69) is 0 Å². The second-order valence-corrected chi connectivity index (χ2v) is 4.27. The maximum atomic E-state index is 11.0. The molecule has 0 aromatic heterocycles. The smallest absolute Gasteiger partial charge is 0.336 e. The molecule has 0 atom stereocenters. The topological polar surface area (TPSA) is 66.8 Å². The van der Waals surface area contributed by atoms with Crippen molar-refractivity contribution >= 4 is 17.6 Å². The molecule has 2 rings (SSSR count). The SMILES string of the molecule is O=C(O)c1ccccc1COc1ccc(O)cc1Cl. The molecule has 4 nitrogen and oxygen atoms in total. The molecule has 0 radical (unpaired) electrons. The quantitative estimate of drug-likeness (QED) is 0.900. The van der Waals surface area contributed by atoms with Crippen LogP contribution in [0.5, 0.6) is 11.5 Å². The van der Waals surface area contributed by atoms with E-state index in [1.807, 2.05) is 0 Å². The highest BCUT2D eigenvalue weighted by molar-refractivity contribution is 6.32. The van der Waals surface area contributed by atoms with Crippen LogP contribution in [0.1, 0.15) is 15.9 Å². The van der Waals surface area contributed by atoms with Crippen molar-refractivity contribution in [2.24, 2.45) is 0 Å². The van der Waals surface area contributed by atoms with Crippen LogP contribution < -0.4 is 4.74 Å². The van der Waals surface area contributed by atoms with Gasteiger partial charge in [0.05, 0.1) is 10.6 Å². The van der Waals surface area contributed by atoms with Gasteiger partial charge in [0.2, 0.25) is 0 Å². The molecule has 2 aromatic carbocycles. The van der Waals surface area contributed by atoms with E-state index in [0.29, 0.717) is 11.3 Å². The molecule has 0 unspecified atom stereocenters. The van der Waals surface area contributed by atoms with E-state index in [9.17, 15) is 9.90 Å².